The smallest absolute Gasteiger partial charge is 0.119 e. The lowest BCUT2D eigenvalue weighted by Crippen LogP contribution is -2.26. The van der Waals surface area contributed by atoms with Gasteiger partial charge < -0.3 is 19.4 Å². The minimum Gasteiger partial charge on any atom is -0.550 e. The monoisotopic (exact) mass is 537 g/mol. The molecular weight excluding hydrogens is 496 g/mol. The van der Waals surface area contributed by atoms with Crippen molar-refractivity contribution in [2.24, 2.45) is 11.3 Å². The van der Waals surface area contributed by atoms with Crippen molar-refractivity contribution < 1.29 is 19.4 Å². The number of rotatable bonds is 9. The van der Waals surface area contributed by atoms with E-state index in [4.69, 9.17) is 9.47 Å². The van der Waals surface area contributed by atoms with Crippen LogP contribution in [-0.2, 0) is 28.8 Å². The summed E-state index contributed by atoms with van der Waals surface area (Å²) in [6.45, 7) is 9.10. The Morgan fingerprint density at radius 1 is 1.00 bits per heavy atom. The molecule has 4 heteroatoms. The topological polar surface area (TPSA) is 58.6 Å². The average molecular weight is 538 g/mol. The van der Waals surface area contributed by atoms with Crippen LogP contribution in [0.3, 0.4) is 0 Å². The van der Waals surface area contributed by atoms with Crippen LogP contribution in [0.2, 0.25) is 0 Å². The summed E-state index contributed by atoms with van der Waals surface area (Å²) in [7, 11) is 0. The summed E-state index contributed by atoms with van der Waals surface area (Å²) in [6, 6.07) is 17.8. The third kappa shape index (κ3) is 5.43. The van der Waals surface area contributed by atoms with E-state index < -0.39 is 5.97 Å². The van der Waals surface area contributed by atoms with Gasteiger partial charge in [0.25, 0.3) is 0 Å². The fourth-order valence-corrected chi connectivity index (χ4v) is 7.38. The molecule has 1 unspecified atom stereocenters. The molecule has 1 aliphatic heterocycles. The summed E-state index contributed by atoms with van der Waals surface area (Å²) in [5.41, 5.74) is 12.0. The molecule has 6 rings (SSSR count). The maximum atomic E-state index is 11.4. The number of carbonyl (C=O) groups excluding carboxylic acids is 1. The van der Waals surface area contributed by atoms with Crippen LogP contribution in [0.4, 0.5) is 0 Å². The van der Waals surface area contributed by atoms with Crippen molar-refractivity contribution in [3.8, 4) is 16.9 Å². The third-order valence-corrected chi connectivity index (χ3v) is 9.86. The molecule has 0 radical (unpaired) electrons. The van der Waals surface area contributed by atoms with Crippen LogP contribution in [0.5, 0.6) is 5.75 Å². The van der Waals surface area contributed by atoms with E-state index in [-0.39, 0.29) is 17.8 Å². The van der Waals surface area contributed by atoms with Crippen molar-refractivity contribution in [2.75, 3.05) is 19.8 Å². The van der Waals surface area contributed by atoms with Crippen molar-refractivity contribution in [3.05, 3.63) is 87.5 Å². The number of aliphatic carboxylic acids is 1. The van der Waals surface area contributed by atoms with Crippen LogP contribution < -0.4 is 9.84 Å². The van der Waals surface area contributed by atoms with Crippen LogP contribution in [0.1, 0.15) is 77.0 Å². The van der Waals surface area contributed by atoms with Crippen molar-refractivity contribution in [1.82, 2.24) is 0 Å². The van der Waals surface area contributed by atoms with Gasteiger partial charge in [-0.15, -0.1) is 0 Å². The predicted molar refractivity (Wildman–Crippen MR) is 157 cm³/mol. The summed E-state index contributed by atoms with van der Waals surface area (Å²) in [5, 5.41) is 11.4. The summed E-state index contributed by atoms with van der Waals surface area (Å²) in [4.78, 5) is 11.4. The minimum absolute atomic E-state index is 0.130. The molecule has 0 amide bonds. The van der Waals surface area contributed by atoms with Crippen LogP contribution in [0, 0.1) is 32.1 Å². The first-order valence-electron chi connectivity index (χ1n) is 15.1. The summed E-state index contributed by atoms with van der Waals surface area (Å²) >= 11 is 0. The van der Waals surface area contributed by atoms with Gasteiger partial charge in [-0.3, -0.25) is 0 Å². The van der Waals surface area contributed by atoms with Gasteiger partial charge >= 0.3 is 0 Å². The van der Waals surface area contributed by atoms with Gasteiger partial charge in [0.05, 0.1) is 6.61 Å². The Kier molecular flexibility index (Phi) is 7.48. The molecule has 1 spiro atoms. The van der Waals surface area contributed by atoms with Gasteiger partial charge in [0.2, 0.25) is 0 Å². The van der Waals surface area contributed by atoms with Gasteiger partial charge in [-0.1, -0.05) is 36.4 Å². The molecule has 1 atom stereocenters. The Labute approximate surface area is 238 Å². The molecule has 4 nitrogen and oxygen atoms in total. The second-order valence-corrected chi connectivity index (χ2v) is 12.6. The lowest BCUT2D eigenvalue weighted by molar-refractivity contribution is -0.306. The van der Waals surface area contributed by atoms with E-state index in [0.29, 0.717) is 5.92 Å². The molecular formula is C36H41O4-. The van der Waals surface area contributed by atoms with Crippen LogP contribution >= 0.6 is 0 Å². The molecule has 1 heterocycles. The van der Waals surface area contributed by atoms with Gasteiger partial charge in [0, 0.05) is 19.2 Å². The first-order chi connectivity index (χ1) is 19.3. The lowest BCUT2D eigenvalue weighted by atomic mass is 9.86. The fourth-order valence-electron chi connectivity index (χ4n) is 7.38. The standard InChI is InChI=1S/C36H42O4/c1-23-17-30(40-22-27-11-15-39-16-12-27)18-24(2)35(23)31-6-4-5-28(25(31)3)9-7-26-8-10-32-29(19-26)21-36(13-14-36)33(32)20-34(37)38/h4-6,8,10,17-19,27,33H,7,9,11-16,20-22H2,1-3H3,(H,37,38)/p-1. The molecule has 40 heavy (non-hydrogen) atoms. The Balaban J connectivity index is 1.16. The molecule has 3 aromatic rings. The maximum absolute atomic E-state index is 11.4. The van der Waals surface area contributed by atoms with E-state index in [1.54, 1.807) is 0 Å². The van der Waals surface area contributed by atoms with E-state index in [9.17, 15) is 9.90 Å². The molecule has 0 aromatic heterocycles. The number of carboxylic acids is 1. The number of carboxylic acid groups (broad SMARTS) is 1. The van der Waals surface area contributed by atoms with Gasteiger partial charge in [0.15, 0.2) is 0 Å². The van der Waals surface area contributed by atoms with Gasteiger partial charge in [0.1, 0.15) is 5.75 Å². The zero-order valence-electron chi connectivity index (χ0n) is 24.2. The van der Waals surface area contributed by atoms with E-state index in [1.165, 1.54) is 50.1 Å². The zero-order chi connectivity index (χ0) is 27.9. The highest BCUT2D eigenvalue weighted by Crippen LogP contribution is 2.64. The molecule has 3 aromatic carbocycles. The van der Waals surface area contributed by atoms with Crippen LogP contribution in [0.15, 0.2) is 48.5 Å². The normalized spacial score (nSPS) is 19.5. The number of ether oxygens (including phenoxy) is 2. The number of benzene rings is 3. The van der Waals surface area contributed by atoms with Crippen LogP contribution in [-0.4, -0.2) is 25.8 Å². The van der Waals surface area contributed by atoms with Crippen molar-refractivity contribution in [2.45, 2.75) is 78.1 Å². The minimum atomic E-state index is -0.925. The zero-order valence-corrected chi connectivity index (χ0v) is 24.2. The molecule has 0 bridgehead atoms. The van der Waals surface area contributed by atoms with Crippen molar-refractivity contribution >= 4 is 5.97 Å². The summed E-state index contributed by atoms with van der Waals surface area (Å²) in [5.74, 6) is 0.749. The molecule has 3 aliphatic rings. The van der Waals surface area contributed by atoms with E-state index in [1.807, 2.05) is 0 Å². The lowest BCUT2D eigenvalue weighted by Gasteiger charge is -2.23. The Bertz CT molecular complexity index is 1390. The first kappa shape index (κ1) is 27.1. The highest BCUT2D eigenvalue weighted by molar-refractivity contribution is 5.75. The van der Waals surface area contributed by atoms with E-state index >= 15 is 0 Å². The molecule has 1 saturated carbocycles. The number of fused-ring (bicyclic) bond motifs is 1. The summed E-state index contributed by atoms with van der Waals surface area (Å²) < 4.78 is 11.7. The maximum Gasteiger partial charge on any atom is 0.119 e. The van der Waals surface area contributed by atoms with Gasteiger partial charge in [-0.2, -0.15) is 0 Å². The SMILES string of the molecule is Cc1cc(OCC2CCOCC2)cc(C)c1-c1cccc(CCc2ccc3c(c2)CC2(CC2)C3CC(=O)[O-])c1C. The predicted octanol–water partition coefficient (Wildman–Crippen LogP) is 6.43. The molecule has 210 valence electrons. The quantitative estimate of drug-likeness (QED) is 0.316. The third-order valence-electron chi connectivity index (χ3n) is 9.86. The van der Waals surface area contributed by atoms with Crippen LogP contribution in [0.25, 0.3) is 11.1 Å². The Morgan fingerprint density at radius 2 is 1.75 bits per heavy atom. The molecule has 0 N–H and O–H groups in total. The van der Waals surface area contributed by atoms with Gasteiger partial charge in [-0.25, -0.2) is 0 Å². The molecule has 2 aliphatic carbocycles. The molecule has 1 saturated heterocycles. The van der Waals surface area contributed by atoms with Crippen molar-refractivity contribution in [3.63, 3.8) is 0 Å². The number of aryl methyl sites for hydroxylation is 4. The van der Waals surface area contributed by atoms with Crippen molar-refractivity contribution in [1.29, 1.82) is 0 Å². The average Bonchev–Trinajstić information content (AvgIpc) is 3.65. The largest absolute Gasteiger partial charge is 0.550 e. The second-order valence-electron chi connectivity index (χ2n) is 12.6. The summed E-state index contributed by atoms with van der Waals surface area (Å²) in [6.07, 6.45) is 7.58. The van der Waals surface area contributed by atoms with Gasteiger partial charge in [-0.05, 0) is 152 Å². The second kappa shape index (κ2) is 11.0. The number of hydrogen-bond donors (Lipinski definition) is 0. The highest BCUT2D eigenvalue weighted by atomic mass is 16.5. The highest BCUT2D eigenvalue weighted by Gasteiger charge is 2.53. The van der Waals surface area contributed by atoms with E-state index in [2.05, 4.69) is 69.3 Å². The number of carbonyl (C=O) groups is 1. The van der Waals surface area contributed by atoms with E-state index in [0.717, 1.165) is 70.5 Å². The number of hydrogen-bond acceptors (Lipinski definition) is 4. The molecule has 2 fully saturated rings. The Morgan fingerprint density at radius 3 is 2.45 bits per heavy atom. The fraction of sp³-hybridized carbons (Fsp3) is 0.472. The first-order valence-corrected chi connectivity index (χ1v) is 15.1. The Hall–Kier alpha value is -3.11.